The normalized spacial score (nSPS) is 11.0. The molecule has 0 amide bonds. The van der Waals surface area contributed by atoms with E-state index < -0.39 is 0 Å². The van der Waals surface area contributed by atoms with E-state index in [9.17, 15) is 0 Å². The van der Waals surface area contributed by atoms with Crippen LogP contribution in [-0.2, 0) is 18.9 Å². The molecule has 0 aliphatic carbocycles. The Morgan fingerprint density at radius 3 is 1.43 bits per heavy atom. The minimum Gasteiger partial charge on any atom is -0.485 e. The second kappa shape index (κ2) is 13.4. The molecule has 0 aromatic carbocycles. The third-order valence-electron chi connectivity index (χ3n) is 2.55. The molecule has 0 bridgehead atoms. The molecule has 0 aliphatic rings. The highest BCUT2D eigenvalue weighted by molar-refractivity contribution is 9.12. The lowest BCUT2D eigenvalue weighted by molar-refractivity contribution is 0.0498. The van der Waals surface area contributed by atoms with Gasteiger partial charge in [0.1, 0.15) is 20.8 Å². The summed E-state index contributed by atoms with van der Waals surface area (Å²) in [4.78, 5) is 0. The molecule has 0 radical (unpaired) electrons. The molecule has 0 saturated heterocycles. The largest absolute Gasteiger partial charge is 0.485 e. The van der Waals surface area contributed by atoms with Crippen molar-refractivity contribution in [3.05, 3.63) is 7.57 Å². The molecule has 0 unspecified atom stereocenters. The van der Waals surface area contributed by atoms with Crippen LogP contribution in [0.5, 0.6) is 11.5 Å². The van der Waals surface area contributed by atoms with E-state index in [1.807, 2.05) is 0 Å². The zero-order valence-electron chi connectivity index (χ0n) is 13.3. The Labute approximate surface area is 157 Å². The quantitative estimate of drug-likeness (QED) is 0.383. The molecule has 0 spiro atoms. The number of hydrogen-bond acceptors (Lipinski definition) is 7. The van der Waals surface area contributed by atoms with Crippen LogP contribution in [-0.4, -0.2) is 67.1 Å². The fourth-order valence-corrected chi connectivity index (χ4v) is 4.35. The van der Waals surface area contributed by atoms with Crippen LogP contribution in [0.3, 0.4) is 0 Å². The van der Waals surface area contributed by atoms with Crippen molar-refractivity contribution in [3.63, 3.8) is 0 Å². The van der Waals surface area contributed by atoms with Gasteiger partial charge in [-0.25, -0.2) is 0 Å². The third-order valence-corrected chi connectivity index (χ3v) is 4.97. The number of rotatable bonds is 14. The minimum atomic E-state index is 0.437. The summed E-state index contributed by atoms with van der Waals surface area (Å²) in [6.07, 6.45) is 0. The molecule has 0 N–H and O–H groups in total. The zero-order chi connectivity index (χ0) is 16.9. The van der Waals surface area contributed by atoms with Gasteiger partial charge in [-0.15, -0.1) is 11.3 Å². The van der Waals surface area contributed by atoms with Crippen molar-refractivity contribution in [1.82, 2.24) is 0 Å². The standard InChI is InChI=1S/C14H22Br2O6S/c1-17-3-5-19-7-9-21-11-12(14(16)23-13(11)15)22-10-8-20-6-4-18-2/h3-10H2,1-2H3. The first kappa shape index (κ1) is 21.1. The van der Waals surface area contributed by atoms with E-state index in [1.165, 1.54) is 11.3 Å². The minimum absolute atomic E-state index is 0.437. The lowest BCUT2D eigenvalue weighted by Gasteiger charge is -2.11. The van der Waals surface area contributed by atoms with Crippen LogP contribution >= 0.6 is 43.2 Å². The van der Waals surface area contributed by atoms with Gasteiger partial charge in [0.2, 0.25) is 0 Å². The van der Waals surface area contributed by atoms with E-state index in [4.69, 9.17) is 28.4 Å². The number of thiophene rings is 1. The molecule has 1 rings (SSSR count). The summed E-state index contributed by atoms with van der Waals surface area (Å²) >= 11 is 8.46. The third kappa shape index (κ3) is 8.67. The Balaban J connectivity index is 2.34. The number of halogens is 2. The second-order valence-electron chi connectivity index (χ2n) is 4.21. The van der Waals surface area contributed by atoms with Gasteiger partial charge in [0.25, 0.3) is 0 Å². The number of hydrogen-bond donors (Lipinski definition) is 0. The second-order valence-corrected chi connectivity index (χ2v) is 7.87. The lowest BCUT2D eigenvalue weighted by Crippen LogP contribution is -2.12. The van der Waals surface area contributed by atoms with Crippen LogP contribution < -0.4 is 9.47 Å². The molecule has 0 aliphatic heterocycles. The van der Waals surface area contributed by atoms with Crippen molar-refractivity contribution in [2.24, 2.45) is 0 Å². The topological polar surface area (TPSA) is 55.4 Å². The maximum Gasteiger partial charge on any atom is 0.187 e. The molecule has 6 nitrogen and oxygen atoms in total. The molecule has 1 aromatic heterocycles. The average molecular weight is 478 g/mol. The van der Waals surface area contributed by atoms with E-state index in [0.29, 0.717) is 64.4 Å². The molecule has 0 saturated carbocycles. The van der Waals surface area contributed by atoms with E-state index >= 15 is 0 Å². The van der Waals surface area contributed by atoms with Crippen LogP contribution in [0.4, 0.5) is 0 Å². The molecule has 9 heteroatoms. The Bertz CT molecular complexity index is 393. The summed E-state index contributed by atoms with van der Waals surface area (Å²) in [6, 6.07) is 0. The van der Waals surface area contributed by atoms with Gasteiger partial charge in [-0.05, 0) is 31.9 Å². The molecule has 0 fully saturated rings. The molecule has 23 heavy (non-hydrogen) atoms. The van der Waals surface area contributed by atoms with Gasteiger partial charge in [-0.2, -0.15) is 0 Å². The van der Waals surface area contributed by atoms with Gasteiger partial charge >= 0.3 is 0 Å². The Hall–Kier alpha value is 0.1000. The van der Waals surface area contributed by atoms with Crippen LogP contribution in [0.25, 0.3) is 0 Å². The van der Waals surface area contributed by atoms with Crippen LogP contribution in [0, 0.1) is 0 Å². The fraction of sp³-hybridized carbons (Fsp3) is 0.714. The first-order chi connectivity index (χ1) is 11.2. The van der Waals surface area contributed by atoms with E-state index in [0.717, 1.165) is 7.57 Å². The maximum atomic E-state index is 5.75. The summed E-state index contributed by atoms with van der Waals surface area (Å²) in [5.74, 6) is 1.35. The summed E-state index contributed by atoms with van der Waals surface area (Å²) in [5, 5.41) is 0. The highest BCUT2D eigenvalue weighted by atomic mass is 79.9. The summed E-state index contributed by atoms with van der Waals surface area (Å²) < 4.78 is 33.8. The summed E-state index contributed by atoms with van der Waals surface area (Å²) in [5.41, 5.74) is 0. The molecule has 0 atom stereocenters. The predicted octanol–water partition coefficient (Wildman–Crippen LogP) is 3.36. The molecular weight excluding hydrogens is 456 g/mol. The van der Waals surface area contributed by atoms with E-state index in [-0.39, 0.29) is 0 Å². The highest BCUT2D eigenvalue weighted by Gasteiger charge is 2.18. The molecule has 1 aromatic rings. The lowest BCUT2D eigenvalue weighted by atomic mass is 10.5. The van der Waals surface area contributed by atoms with E-state index in [2.05, 4.69) is 31.9 Å². The Morgan fingerprint density at radius 1 is 0.652 bits per heavy atom. The molecular formula is C14H22Br2O6S. The van der Waals surface area contributed by atoms with Gasteiger partial charge in [-0.1, -0.05) is 0 Å². The SMILES string of the molecule is COCCOCCOc1c(Br)sc(Br)c1OCCOCCOC. The van der Waals surface area contributed by atoms with Crippen molar-refractivity contribution in [2.75, 3.05) is 67.1 Å². The van der Waals surface area contributed by atoms with E-state index in [1.54, 1.807) is 14.2 Å². The van der Waals surface area contributed by atoms with Crippen LogP contribution in [0.1, 0.15) is 0 Å². The van der Waals surface area contributed by atoms with Crippen molar-refractivity contribution in [1.29, 1.82) is 0 Å². The average Bonchev–Trinajstić information content (AvgIpc) is 2.80. The van der Waals surface area contributed by atoms with Gasteiger partial charge in [0, 0.05) is 14.2 Å². The van der Waals surface area contributed by atoms with Crippen molar-refractivity contribution in [3.8, 4) is 11.5 Å². The fourth-order valence-electron chi connectivity index (χ4n) is 1.49. The first-order valence-electron chi connectivity index (χ1n) is 7.07. The predicted molar refractivity (Wildman–Crippen MR) is 96.1 cm³/mol. The summed E-state index contributed by atoms with van der Waals surface area (Å²) in [6.45, 7) is 4.10. The number of ether oxygens (including phenoxy) is 6. The van der Waals surface area contributed by atoms with Gasteiger partial charge in [0.15, 0.2) is 11.5 Å². The van der Waals surface area contributed by atoms with Crippen LogP contribution in [0.15, 0.2) is 7.57 Å². The zero-order valence-corrected chi connectivity index (χ0v) is 17.3. The molecule has 1 heterocycles. The number of methoxy groups -OCH3 is 2. The van der Waals surface area contributed by atoms with Crippen LogP contribution in [0.2, 0.25) is 0 Å². The monoisotopic (exact) mass is 476 g/mol. The van der Waals surface area contributed by atoms with Crippen molar-refractivity contribution in [2.45, 2.75) is 0 Å². The van der Waals surface area contributed by atoms with Crippen molar-refractivity contribution < 1.29 is 28.4 Å². The Morgan fingerprint density at radius 2 is 1.04 bits per heavy atom. The van der Waals surface area contributed by atoms with Gasteiger partial charge in [-0.3, -0.25) is 0 Å². The summed E-state index contributed by atoms with van der Waals surface area (Å²) in [7, 11) is 3.28. The van der Waals surface area contributed by atoms with Gasteiger partial charge < -0.3 is 28.4 Å². The molecule has 134 valence electrons. The highest BCUT2D eigenvalue weighted by Crippen LogP contribution is 2.48. The van der Waals surface area contributed by atoms with Gasteiger partial charge in [0.05, 0.1) is 39.6 Å². The Kier molecular flexibility index (Phi) is 12.3. The van der Waals surface area contributed by atoms with Crippen molar-refractivity contribution >= 4 is 43.2 Å². The smallest absolute Gasteiger partial charge is 0.187 e. The maximum absolute atomic E-state index is 5.75. The first-order valence-corrected chi connectivity index (χ1v) is 9.47.